The van der Waals surface area contributed by atoms with Gasteiger partial charge >= 0.3 is 5.97 Å². The summed E-state index contributed by atoms with van der Waals surface area (Å²) in [6.45, 7) is 1.71. The number of rotatable bonds is 8. The smallest absolute Gasteiger partial charge is 0.341 e. The van der Waals surface area contributed by atoms with Crippen molar-refractivity contribution in [2.75, 3.05) is 18.2 Å². The number of hydrogen-bond donors (Lipinski definition) is 1. The lowest BCUT2D eigenvalue weighted by Crippen LogP contribution is -2.28. The quantitative estimate of drug-likeness (QED) is 0.351. The van der Waals surface area contributed by atoms with Gasteiger partial charge in [-0.3, -0.25) is 19.3 Å². The second kappa shape index (κ2) is 10.0. The zero-order chi connectivity index (χ0) is 26.0. The number of ether oxygens (including phenoxy) is 1. The lowest BCUT2D eigenvalue weighted by atomic mass is 10.1. The van der Waals surface area contributed by atoms with Crippen LogP contribution in [0, 0.1) is 0 Å². The van der Waals surface area contributed by atoms with E-state index in [1.807, 2.05) is 0 Å². The Morgan fingerprint density at radius 2 is 1.61 bits per heavy atom. The molecule has 9 nitrogen and oxygen atoms in total. The first-order valence-corrected chi connectivity index (χ1v) is 13.8. The first kappa shape index (κ1) is 25.3. The molecule has 1 N–H and O–H groups in total. The summed E-state index contributed by atoms with van der Waals surface area (Å²) < 4.78 is 28.1. The van der Waals surface area contributed by atoms with E-state index in [1.165, 1.54) is 18.2 Å². The van der Waals surface area contributed by atoms with Gasteiger partial charge in [-0.25, -0.2) is 13.2 Å². The van der Waals surface area contributed by atoms with Crippen LogP contribution < -0.4 is 5.32 Å². The number of esters is 1. The van der Waals surface area contributed by atoms with Crippen LogP contribution in [0.5, 0.6) is 0 Å². The monoisotopic (exact) mass is 526 g/mol. The van der Waals surface area contributed by atoms with Crippen molar-refractivity contribution in [2.45, 2.75) is 19.2 Å². The number of imide groups is 1. The maximum atomic E-state index is 12.9. The minimum atomic E-state index is -3.21. The van der Waals surface area contributed by atoms with Crippen LogP contribution in [0.1, 0.15) is 58.8 Å². The number of carbonyl (C=O) groups is 4. The van der Waals surface area contributed by atoms with E-state index in [1.54, 1.807) is 43.3 Å². The topological polar surface area (TPSA) is 127 Å². The van der Waals surface area contributed by atoms with Crippen molar-refractivity contribution in [3.05, 3.63) is 87.3 Å². The Morgan fingerprint density at radius 3 is 2.17 bits per heavy atom. The molecule has 0 bridgehead atoms. The Morgan fingerprint density at radius 1 is 1.00 bits per heavy atom. The van der Waals surface area contributed by atoms with Crippen molar-refractivity contribution in [1.29, 1.82) is 0 Å². The second-order valence-electron chi connectivity index (χ2n) is 8.14. The molecule has 0 atom stereocenters. The van der Waals surface area contributed by atoms with E-state index >= 15 is 0 Å². The third-order valence-electron chi connectivity index (χ3n) is 5.34. The first-order chi connectivity index (χ1) is 17.1. The number of nitrogens with one attached hydrogen (secondary N) is 1. The van der Waals surface area contributed by atoms with E-state index < -0.39 is 33.5 Å². The highest BCUT2D eigenvalue weighted by Gasteiger charge is 2.35. The first-order valence-electron chi connectivity index (χ1n) is 10.9. The van der Waals surface area contributed by atoms with Crippen LogP contribution in [0.4, 0.5) is 5.00 Å². The number of fused-ring (bicyclic) bond motifs is 1. The summed E-state index contributed by atoms with van der Waals surface area (Å²) >= 11 is 1.06. The minimum Gasteiger partial charge on any atom is -0.462 e. The summed E-state index contributed by atoms with van der Waals surface area (Å²) in [6, 6.07) is 14.1. The van der Waals surface area contributed by atoms with Crippen LogP contribution in [0.3, 0.4) is 0 Å². The molecule has 3 amide bonds. The highest BCUT2D eigenvalue weighted by Crippen LogP contribution is 2.32. The number of thiophene rings is 1. The summed E-state index contributed by atoms with van der Waals surface area (Å²) in [4.78, 5) is 52.5. The fourth-order valence-corrected chi connectivity index (χ4v) is 5.57. The van der Waals surface area contributed by atoms with Crippen molar-refractivity contribution >= 4 is 49.9 Å². The molecule has 0 radical (unpaired) electrons. The third-order valence-corrected chi connectivity index (χ3v) is 7.24. The van der Waals surface area contributed by atoms with Crippen LogP contribution in [0.25, 0.3) is 0 Å². The highest BCUT2D eigenvalue weighted by molar-refractivity contribution is 7.89. The lowest BCUT2D eigenvalue weighted by molar-refractivity contribution is 0.0527. The third kappa shape index (κ3) is 5.37. The Labute approximate surface area is 211 Å². The summed E-state index contributed by atoms with van der Waals surface area (Å²) in [5.41, 5.74) is 1.54. The van der Waals surface area contributed by atoms with Crippen LogP contribution in [-0.2, 0) is 26.9 Å². The number of carbonyl (C=O) groups excluding carboxylic acids is 4. The fraction of sp³-hybridized carbons (Fsp3) is 0.200. The average molecular weight is 527 g/mol. The van der Waals surface area contributed by atoms with Gasteiger partial charge in [-0.05, 0) is 42.8 Å². The molecule has 2 heterocycles. The largest absolute Gasteiger partial charge is 0.462 e. The van der Waals surface area contributed by atoms with E-state index in [0.717, 1.165) is 22.5 Å². The van der Waals surface area contributed by atoms with Crippen LogP contribution >= 0.6 is 11.3 Å². The predicted molar refractivity (Wildman–Crippen MR) is 134 cm³/mol. The SMILES string of the molecule is CCOC(=O)c1cc(CN2C(=O)c3ccccc3C2=O)sc1NC(=O)c1ccc(CS(C)(=O)=O)cc1. The van der Waals surface area contributed by atoms with Crippen LogP contribution in [0.2, 0.25) is 0 Å². The molecule has 1 aromatic heterocycles. The average Bonchev–Trinajstić information content (AvgIpc) is 3.33. The van der Waals surface area contributed by atoms with E-state index in [9.17, 15) is 27.6 Å². The zero-order valence-electron chi connectivity index (χ0n) is 19.4. The molecule has 36 heavy (non-hydrogen) atoms. The van der Waals surface area contributed by atoms with Gasteiger partial charge in [-0.2, -0.15) is 0 Å². The van der Waals surface area contributed by atoms with Gasteiger partial charge in [0, 0.05) is 16.7 Å². The second-order valence-corrected chi connectivity index (χ2v) is 11.4. The number of benzene rings is 2. The molecule has 0 aliphatic carbocycles. The summed E-state index contributed by atoms with van der Waals surface area (Å²) in [5, 5.41) is 2.90. The maximum Gasteiger partial charge on any atom is 0.341 e. The van der Waals surface area contributed by atoms with Gasteiger partial charge in [0.2, 0.25) is 0 Å². The van der Waals surface area contributed by atoms with E-state index in [0.29, 0.717) is 21.6 Å². The number of anilines is 1. The summed E-state index contributed by atoms with van der Waals surface area (Å²) in [5.74, 6) is -2.17. The molecule has 4 rings (SSSR count). The molecule has 0 saturated heterocycles. The van der Waals surface area contributed by atoms with Gasteiger partial charge in [0.25, 0.3) is 17.7 Å². The van der Waals surface area contributed by atoms with Gasteiger partial charge in [-0.15, -0.1) is 11.3 Å². The van der Waals surface area contributed by atoms with Gasteiger partial charge in [0.05, 0.1) is 35.6 Å². The molecule has 0 unspecified atom stereocenters. The Hall–Kier alpha value is -3.83. The molecule has 1 aliphatic heterocycles. The number of hydrogen-bond acceptors (Lipinski definition) is 8. The molecule has 2 aromatic carbocycles. The fourth-order valence-electron chi connectivity index (χ4n) is 3.74. The van der Waals surface area contributed by atoms with E-state index in [-0.39, 0.29) is 35.0 Å². The molecule has 0 spiro atoms. The van der Waals surface area contributed by atoms with Crippen molar-refractivity contribution in [1.82, 2.24) is 4.90 Å². The molecular formula is C25H22N2O7S2. The molecule has 186 valence electrons. The number of nitrogens with zero attached hydrogens (tertiary/aromatic N) is 1. The number of amides is 3. The van der Waals surface area contributed by atoms with Crippen molar-refractivity contribution in [3.8, 4) is 0 Å². The summed E-state index contributed by atoms with van der Waals surface area (Å²) in [7, 11) is -3.21. The molecule has 0 fully saturated rings. The van der Waals surface area contributed by atoms with Crippen LogP contribution in [-0.4, -0.2) is 49.9 Å². The molecule has 0 saturated carbocycles. The Kier molecular flexibility index (Phi) is 7.04. The van der Waals surface area contributed by atoms with Crippen LogP contribution in [0.15, 0.2) is 54.6 Å². The molecule has 3 aromatic rings. The molecule has 1 aliphatic rings. The minimum absolute atomic E-state index is 0.0700. The van der Waals surface area contributed by atoms with Gasteiger partial charge in [-0.1, -0.05) is 24.3 Å². The van der Waals surface area contributed by atoms with E-state index in [4.69, 9.17) is 4.74 Å². The van der Waals surface area contributed by atoms with E-state index in [2.05, 4.69) is 5.32 Å². The zero-order valence-corrected chi connectivity index (χ0v) is 21.1. The predicted octanol–water partition coefficient (Wildman–Crippen LogP) is 3.52. The molecular weight excluding hydrogens is 504 g/mol. The molecule has 11 heteroatoms. The standard InChI is InChI=1S/C25H22N2O7S2/c1-3-34-25(31)20-12-17(13-27-23(29)18-6-4-5-7-19(18)24(27)30)35-22(20)26-21(28)16-10-8-15(9-11-16)14-36(2,32)33/h4-12H,3,13-14H2,1-2H3,(H,26,28). The van der Waals surface area contributed by atoms with Gasteiger partial charge in [0.15, 0.2) is 9.84 Å². The Bertz CT molecular complexity index is 1440. The van der Waals surface area contributed by atoms with Crippen molar-refractivity contribution < 1.29 is 32.3 Å². The highest BCUT2D eigenvalue weighted by atomic mass is 32.2. The Balaban J connectivity index is 1.56. The lowest BCUT2D eigenvalue weighted by Gasteiger charge is -2.12. The summed E-state index contributed by atoms with van der Waals surface area (Å²) in [6.07, 6.45) is 1.13. The number of sulfone groups is 1. The van der Waals surface area contributed by atoms with Gasteiger partial charge in [0.1, 0.15) is 5.00 Å². The maximum absolute atomic E-state index is 12.9. The van der Waals surface area contributed by atoms with Crippen molar-refractivity contribution in [2.24, 2.45) is 0 Å². The normalized spacial score (nSPS) is 13.0. The van der Waals surface area contributed by atoms with Crippen molar-refractivity contribution in [3.63, 3.8) is 0 Å². The van der Waals surface area contributed by atoms with Gasteiger partial charge < -0.3 is 10.1 Å².